The van der Waals surface area contributed by atoms with Gasteiger partial charge in [0, 0.05) is 47.6 Å². The fourth-order valence-corrected chi connectivity index (χ4v) is 8.49. The van der Waals surface area contributed by atoms with Gasteiger partial charge < -0.3 is 38.4 Å². The summed E-state index contributed by atoms with van der Waals surface area (Å²) in [5.74, 6) is 2.98. The summed E-state index contributed by atoms with van der Waals surface area (Å²) in [7, 11) is 3.29. The molecule has 56 heavy (non-hydrogen) atoms. The standard InChI is InChI=1S/C42H52N6O8/c1-41(2,3)55-39(49)47-27(21-51-7)9-11-31(47)37-43-17-29(45-37)23-13-25-19-54-34-16-24(14-26-20-53-33(15-23)35(25)36(26)34)30-18-44-38(46-30)32-12-10-28(22-52-8)48(32)40(50)56-42(4,5)6/h13-18,27-28,31-32H,9-12,19-22H2,1-8H3,(H,43,45)(H,44,46)/t27-,28-,31+,32+/m1/s1. The number of carbonyl (C=O) groups excluding carboxylic acids is 2. The average Bonchev–Trinajstić information content (AvgIpc) is 3.95. The molecule has 0 unspecified atom stereocenters. The van der Waals surface area contributed by atoms with E-state index in [-0.39, 0.29) is 36.4 Å². The summed E-state index contributed by atoms with van der Waals surface area (Å²) in [4.78, 5) is 46.8. The number of benzene rings is 2. The zero-order valence-corrected chi connectivity index (χ0v) is 33.5. The van der Waals surface area contributed by atoms with Crippen LogP contribution < -0.4 is 9.47 Å². The molecule has 6 heterocycles. The lowest BCUT2D eigenvalue weighted by atomic mass is 9.87. The molecular formula is C42H52N6O8. The van der Waals surface area contributed by atoms with Crippen LogP contribution in [0.2, 0.25) is 0 Å². The number of nitrogens with zero attached hydrogens (tertiary/aromatic N) is 4. The molecule has 4 atom stereocenters. The van der Waals surface area contributed by atoms with Gasteiger partial charge in [-0.2, -0.15) is 0 Å². The topological polar surface area (TPSA) is 153 Å². The third-order valence-corrected chi connectivity index (χ3v) is 10.8. The van der Waals surface area contributed by atoms with Crippen LogP contribution in [-0.2, 0) is 32.2 Å². The molecule has 0 aliphatic carbocycles. The van der Waals surface area contributed by atoms with Gasteiger partial charge in [-0.3, -0.25) is 9.80 Å². The second-order valence-corrected chi connectivity index (χ2v) is 17.1. The van der Waals surface area contributed by atoms with Crippen molar-refractivity contribution in [3.63, 3.8) is 0 Å². The molecule has 2 saturated heterocycles. The Kier molecular flexibility index (Phi) is 9.76. The quantitative estimate of drug-likeness (QED) is 0.180. The van der Waals surface area contributed by atoms with Crippen LogP contribution in [0.15, 0.2) is 36.7 Å². The number of methoxy groups -OCH3 is 2. The van der Waals surface area contributed by atoms with E-state index in [1.165, 1.54) is 0 Å². The first-order valence-corrected chi connectivity index (χ1v) is 19.4. The van der Waals surface area contributed by atoms with E-state index < -0.39 is 11.2 Å². The van der Waals surface area contributed by atoms with Crippen LogP contribution >= 0.6 is 0 Å². The third kappa shape index (κ3) is 7.20. The van der Waals surface area contributed by atoms with Gasteiger partial charge in [0.1, 0.15) is 47.6 Å². The Morgan fingerprint density at radius 2 is 1.09 bits per heavy atom. The molecule has 0 saturated carbocycles. The molecule has 8 rings (SSSR count). The largest absolute Gasteiger partial charge is 0.488 e. The summed E-state index contributed by atoms with van der Waals surface area (Å²) in [5, 5.41) is 0. The molecular weight excluding hydrogens is 716 g/mol. The van der Waals surface area contributed by atoms with Crippen molar-refractivity contribution < 1.29 is 38.0 Å². The molecule has 4 aliphatic heterocycles. The minimum atomic E-state index is -0.623. The van der Waals surface area contributed by atoms with Crippen molar-refractivity contribution in [2.24, 2.45) is 0 Å². The van der Waals surface area contributed by atoms with Crippen molar-refractivity contribution in [1.82, 2.24) is 29.7 Å². The average molecular weight is 769 g/mol. The van der Waals surface area contributed by atoms with Gasteiger partial charge in [-0.05, 0) is 91.5 Å². The van der Waals surface area contributed by atoms with Gasteiger partial charge in [0.05, 0.1) is 61.2 Å². The van der Waals surface area contributed by atoms with Gasteiger partial charge in [-0.25, -0.2) is 19.6 Å². The van der Waals surface area contributed by atoms with E-state index in [9.17, 15) is 9.59 Å². The van der Waals surface area contributed by atoms with Crippen LogP contribution in [0, 0.1) is 0 Å². The van der Waals surface area contributed by atoms with Gasteiger partial charge in [0.25, 0.3) is 0 Å². The van der Waals surface area contributed by atoms with E-state index in [0.717, 1.165) is 82.0 Å². The monoisotopic (exact) mass is 768 g/mol. The van der Waals surface area contributed by atoms with E-state index in [4.69, 9.17) is 38.4 Å². The van der Waals surface area contributed by atoms with Crippen LogP contribution in [0.1, 0.15) is 102 Å². The van der Waals surface area contributed by atoms with Crippen LogP contribution in [0.25, 0.3) is 33.6 Å². The van der Waals surface area contributed by atoms with Crippen LogP contribution in [-0.4, -0.2) is 92.6 Å². The Morgan fingerprint density at radius 1 is 0.679 bits per heavy atom. The maximum atomic E-state index is 13.4. The minimum Gasteiger partial charge on any atom is -0.488 e. The number of nitrogens with one attached hydrogen (secondary N) is 2. The Balaban J connectivity index is 1.05. The summed E-state index contributed by atoms with van der Waals surface area (Å²) >= 11 is 0. The highest BCUT2D eigenvalue weighted by Crippen LogP contribution is 2.51. The molecule has 4 aliphatic rings. The molecule has 298 valence electrons. The zero-order valence-electron chi connectivity index (χ0n) is 33.5. The molecule has 2 fully saturated rings. The first-order chi connectivity index (χ1) is 26.7. The number of H-pyrrole nitrogens is 2. The number of carbonyl (C=O) groups is 2. The van der Waals surface area contributed by atoms with Gasteiger partial charge in [-0.1, -0.05) is 0 Å². The molecule has 2 aromatic heterocycles. The normalized spacial score (nSPS) is 21.4. The van der Waals surface area contributed by atoms with Crippen molar-refractivity contribution in [1.29, 1.82) is 0 Å². The number of rotatable bonds is 8. The smallest absolute Gasteiger partial charge is 0.411 e. The molecule has 0 radical (unpaired) electrons. The predicted molar refractivity (Wildman–Crippen MR) is 207 cm³/mol. The van der Waals surface area contributed by atoms with Crippen molar-refractivity contribution in [3.05, 3.63) is 59.4 Å². The zero-order chi connectivity index (χ0) is 39.5. The summed E-state index contributed by atoms with van der Waals surface area (Å²) in [6, 6.07) is 7.60. The SMILES string of the molecule is COC[C@H]1CC[C@@H](c2ncc(-c3cc4c5c(c3)OCc3cc(-c6cnc([C@@H]7CC[C@H](COC)N7C(=O)OC(C)(C)C)[nH]6)cc(c3-5)OC4)[nH]2)N1C(=O)OC(C)(C)C. The fourth-order valence-electron chi connectivity index (χ4n) is 8.49. The molecule has 14 nitrogen and oxygen atoms in total. The second-order valence-electron chi connectivity index (χ2n) is 17.1. The van der Waals surface area contributed by atoms with Crippen LogP contribution in [0.5, 0.6) is 11.5 Å². The van der Waals surface area contributed by atoms with Gasteiger partial charge >= 0.3 is 12.2 Å². The lowest BCUT2D eigenvalue weighted by Crippen LogP contribution is -2.43. The molecule has 14 heteroatoms. The first kappa shape index (κ1) is 37.8. The van der Waals surface area contributed by atoms with Crippen molar-refractivity contribution in [2.45, 2.75) is 116 Å². The van der Waals surface area contributed by atoms with Crippen molar-refractivity contribution >= 4 is 12.2 Å². The van der Waals surface area contributed by atoms with E-state index >= 15 is 0 Å². The molecule has 4 aromatic rings. The molecule has 2 N–H and O–H groups in total. The second kappa shape index (κ2) is 14.5. The Hall–Kier alpha value is -5.08. The first-order valence-electron chi connectivity index (χ1n) is 19.4. The number of imidazole rings is 2. The predicted octanol–water partition coefficient (Wildman–Crippen LogP) is 8.09. The highest BCUT2D eigenvalue weighted by Gasteiger charge is 2.43. The number of likely N-dealkylation sites (tertiary alicyclic amines) is 2. The van der Waals surface area contributed by atoms with E-state index in [1.54, 1.807) is 24.0 Å². The highest BCUT2D eigenvalue weighted by molar-refractivity contribution is 5.88. The van der Waals surface area contributed by atoms with E-state index in [2.05, 4.69) is 22.1 Å². The van der Waals surface area contributed by atoms with Gasteiger partial charge in [0.15, 0.2) is 0 Å². The lowest BCUT2D eigenvalue weighted by Gasteiger charge is -2.31. The Bertz CT molecular complexity index is 1930. The Morgan fingerprint density at radius 3 is 1.46 bits per heavy atom. The van der Waals surface area contributed by atoms with Gasteiger partial charge in [-0.15, -0.1) is 0 Å². The van der Waals surface area contributed by atoms with E-state index in [1.807, 2.05) is 66.1 Å². The number of ether oxygens (including phenoxy) is 6. The number of aromatic amines is 2. The summed E-state index contributed by atoms with van der Waals surface area (Å²) < 4.78 is 35.4. The number of hydrogen-bond donors (Lipinski definition) is 2. The highest BCUT2D eigenvalue weighted by atomic mass is 16.6. The van der Waals surface area contributed by atoms with Crippen LogP contribution in [0.3, 0.4) is 0 Å². The summed E-state index contributed by atoms with van der Waals surface area (Å²) in [6.45, 7) is 12.8. The number of aromatic nitrogens is 4. The maximum Gasteiger partial charge on any atom is 0.411 e. The maximum absolute atomic E-state index is 13.4. The Labute approximate surface area is 327 Å². The summed E-state index contributed by atoms with van der Waals surface area (Å²) in [5.41, 5.74) is 6.35. The molecule has 2 aromatic carbocycles. The lowest BCUT2D eigenvalue weighted by molar-refractivity contribution is 0.00418. The van der Waals surface area contributed by atoms with Crippen molar-refractivity contribution in [2.75, 3.05) is 27.4 Å². The fraction of sp³-hybridized carbons (Fsp3) is 0.524. The molecule has 0 spiro atoms. The minimum absolute atomic E-state index is 0.104. The van der Waals surface area contributed by atoms with Gasteiger partial charge in [0.2, 0.25) is 0 Å². The summed E-state index contributed by atoms with van der Waals surface area (Å²) in [6.07, 6.45) is 5.95. The van der Waals surface area contributed by atoms with Crippen LogP contribution in [0.4, 0.5) is 9.59 Å². The number of amides is 2. The molecule has 2 amide bonds. The third-order valence-electron chi connectivity index (χ3n) is 10.8. The molecule has 0 bridgehead atoms. The van der Waals surface area contributed by atoms with E-state index in [0.29, 0.717) is 38.1 Å². The number of hydrogen-bond acceptors (Lipinski definition) is 10. The van der Waals surface area contributed by atoms with Crippen molar-refractivity contribution in [3.8, 4) is 45.1 Å².